The fraction of sp³-hybridized carbons (Fsp3) is 0.267. The predicted molar refractivity (Wildman–Crippen MR) is 140 cm³/mol. The number of hydrogen-bond acceptors (Lipinski definition) is 4. The molecule has 0 spiro atoms. The molecule has 0 fully saturated rings. The van der Waals surface area contributed by atoms with Crippen LogP contribution in [-0.2, 0) is 16.1 Å². The van der Waals surface area contributed by atoms with E-state index >= 15 is 4.39 Å². The SMILES string of the molecule is CC1(C)CC(=O)C2=C(C1)Nc1ccccc1N(CC(=O)NCc1ccccc1)C2c1ccc(F)cc1F. The Morgan fingerprint density at radius 1 is 1.03 bits per heavy atom. The number of rotatable bonds is 5. The second kappa shape index (κ2) is 9.81. The van der Waals surface area contributed by atoms with Crippen molar-refractivity contribution in [3.8, 4) is 0 Å². The molecular formula is C30H29F2N3O2. The van der Waals surface area contributed by atoms with Crippen LogP contribution < -0.4 is 15.5 Å². The Kier molecular flexibility index (Phi) is 6.54. The van der Waals surface area contributed by atoms with Gasteiger partial charge in [0.1, 0.15) is 11.6 Å². The molecule has 1 aliphatic carbocycles. The Balaban J connectivity index is 1.61. The molecule has 5 nitrogen and oxygen atoms in total. The molecule has 2 aliphatic rings. The summed E-state index contributed by atoms with van der Waals surface area (Å²) in [5.74, 6) is -1.86. The molecule has 0 bridgehead atoms. The van der Waals surface area contributed by atoms with E-state index in [0.717, 1.165) is 17.3 Å². The lowest BCUT2D eigenvalue weighted by molar-refractivity contribution is -0.121. The second-order valence-corrected chi connectivity index (χ2v) is 10.4. The predicted octanol–water partition coefficient (Wildman–Crippen LogP) is 5.90. The van der Waals surface area contributed by atoms with Crippen molar-refractivity contribution < 1.29 is 18.4 Å². The third-order valence-electron chi connectivity index (χ3n) is 6.91. The van der Waals surface area contributed by atoms with Crippen molar-refractivity contribution in [3.05, 3.63) is 107 Å². The molecule has 2 N–H and O–H groups in total. The lowest BCUT2D eigenvalue weighted by Gasteiger charge is -2.38. The number of anilines is 2. The van der Waals surface area contributed by atoms with E-state index in [-0.39, 0.29) is 35.6 Å². The van der Waals surface area contributed by atoms with E-state index in [1.165, 1.54) is 12.1 Å². The zero-order valence-corrected chi connectivity index (χ0v) is 20.9. The number of nitrogens with zero attached hydrogens (tertiary/aromatic N) is 1. The van der Waals surface area contributed by atoms with Crippen LogP contribution in [0.5, 0.6) is 0 Å². The normalized spacial score (nSPS) is 18.4. The molecule has 190 valence electrons. The van der Waals surface area contributed by atoms with Crippen LogP contribution in [0, 0.1) is 17.0 Å². The van der Waals surface area contributed by atoms with Gasteiger partial charge in [-0.05, 0) is 35.6 Å². The lowest BCUT2D eigenvalue weighted by atomic mass is 9.73. The van der Waals surface area contributed by atoms with E-state index in [9.17, 15) is 14.0 Å². The van der Waals surface area contributed by atoms with Crippen molar-refractivity contribution in [1.29, 1.82) is 0 Å². The van der Waals surface area contributed by atoms with Crippen LogP contribution in [0.4, 0.5) is 20.2 Å². The maximum atomic E-state index is 15.3. The van der Waals surface area contributed by atoms with Crippen LogP contribution in [0.3, 0.4) is 0 Å². The number of Topliss-reactive ketones (excluding diaryl/α,β-unsaturated/α-hetero) is 1. The zero-order chi connectivity index (χ0) is 26.2. The number of ketones is 1. The molecule has 1 atom stereocenters. The van der Waals surface area contributed by atoms with E-state index in [2.05, 4.69) is 10.6 Å². The van der Waals surface area contributed by atoms with Gasteiger partial charge in [0.25, 0.3) is 0 Å². The van der Waals surface area contributed by atoms with E-state index < -0.39 is 17.7 Å². The Bertz CT molecular complexity index is 1380. The minimum Gasteiger partial charge on any atom is -0.357 e. The van der Waals surface area contributed by atoms with Gasteiger partial charge in [0.2, 0.25) is 5.91 Å². The standard InChI is InChI=1S/C30H29F2N3O2/c1-30(2)15-24-28(26(36)16-30)29(21-13-12-20(31)14-22(21)32)35(25-11-7-6-10-23(25)34-24)18-27(37)33-17-19-8-4-3-5-9-19/h3-14,29,34H,15-18H2,1-2H3,(H,33,37). The molecule has 7 heteroatoms. The van der Waals surface area contributed by atoms with Gasteiger partial charge in [0.15, 0.2) is 5.78 Å². The maximum absolute atomic E-state index is 15.3. The third-order valence-corrected chi connectivity index (χ3v) is 6.91. The Morgan fingerprint density at radius 2 is 1.76 bits per heavy atom. The molecule has 1 amide bonds. The van der Waals surface area contributed by atoms with Crippen LogP contribution in [0.1, 0.15) is 43.9 Å². The Morgan fingerprint density at radius 3 is 2.51 bits per heavy atom. The van der Waals surface area contributed by atoms with Crippen LogP contribution in [0.15, 0.2) is 84.1 Å². The maximum Gasteiger partial charge on any atom is 0.239 e. The molecule has 0 saturated heterocycles. The number of allylic oxidation sites excluding steroid dienone is 1. The molecule has 0 radical (unpaired) electrons. The summed E-state index contributed by atoms with van der Waals surface area (Å²) in [4.78, 5) is 28.6. The number of benzene rings is 3. The monoisotopic (exact) mass is 501 g/mol. The first kappa shape index (κ1) is 24.7. The Labute approximate surface area is 215 Å². The average Bonchev–Trinajstić information content (AvgIpc) is 2.97. The number of carbonyl (C=O) groups excluding carboxylic acids is 2. The lowest BCUT2D eigenvalue weighted by Crippen LogP contribution is -2.42. The van der Waals surface area contributed by atoms with Gasteiger partial charge in [0.05, 0.1) is 24.0 Å². The van der Waals surface area contributed by atoms with Gasteiger partial charge in [-0.1, -0.05) is 62.4 Å². The fourth-order valence-corrected chi connectivity index (χ4v) is 5.28. The van der Waals surface area contributed by atoms with Crippen molar-refractivity contribution in [2.24, 2.45) is 5.41 Å². The number of fused-ring (bicyclic) bond motifs is 1. The number of amides is 1. The molecule has 5 rings (SSSR count). The molecule has 1 heterocycles. The smallest absolute Gasteiger partial charge is 0.239 e. The fourth-order valence-electron chi connectivity index (χ4n) is 5.28. The largest absolute Gasteiger partial charge is 0.357 e. The summed E-state index contributed by atoms with van der Waals surface area (Å²) in [7, 11) is 0. The first-order valence-corrected chi connectivity index (χ1v) is 12.4. The number of nitrogens with one attached hydrogen (secondary N) is 2. The summed E-state index contributed by atoms with van der Waals surface area (Å²) in [5.41, 5.74) is 3.31. The van der Waals surface area contributed by atoms with Crippen molar-refractivity contribution in [3.63, 3.8) is 0 Å². The van der Waals surface area contributed by atoms with E-state index in [0.29, 0.717) is 29.9 Å². The van der Waals surface area contributed by atoms with Gasteiger partial charge in [-0.3, -0.25) is 9.59 Å². The minimum absolute atomic E-state index is 0.116. The second-order valence-electron chi connectivity index (χ2n) is 10.4. The van der Waals surface area contributed by atoms with Crippen molar-refractivity contribution >= 4 is 23.1 Å². The van der Waals surface area contributed by atoms with Gasteiger partial charge in [-0.2, -0.15) is 0 Å². The summed E-state index contributed by atoms with van der Waals surface area (Å²) >= 11 is 0. The average molecular weight is 502 g/mol. The molecule has 3 aromatic rings. The quantitative estimate of drug-likeness (QED) is 0.457. The minimum atomic E-state index is -0.905. The molecule has 37 heavy (non-hydrogen) atoms. The van der Waals surface area contributed by atoms with Crippen LogP contribution >= 0.6 is 0 Å². The first-order chi connectivity index (χ1) is 17.7. The third kappa shape index (κ3) is 5.12. The summed E-state index contributed by atoms with van der Waals surface area (Å²) in [6.07, 6.45) is 0.868. The summed E-state index contributed by atoms with van der Waals surface area (Å²) in [6, 6.07) is 19.4. The van der Waals surface area contributed by atoms with Crippen molar-refractivity contribution in [2.45, 2.75) is 39.3 Å². The number of hydrogen-bond donors (Lipinski definition) is 2. The van der Waals surface area contributed by atoms with Crippen molar-refractivity contribution in [1.82, 2.24) is 5.32 Å². The van der Waals surface area contributed by atoms with Gasteiger partial charge >= 0.3 is 0 Å². The highest BCUT2D eigenvalue weighted by molar-refractivity contribution is 6.01. The molecule has 0 saturated carbocycles. The van der Waals surface area contributed by atoms with Crippen LogP contribution in [0.25, 0.3) is 0 Å². The molecule has 1 aliphatic heterocycles. The van der Waals surface area contributed by atoms with E-state index in [4.69, 9.17) is 0 Å². The van der Waals surface area contributed by atoms with Crippen LogP contribution in [-0.4, -0.2) is 18.2 Å². The molecular weight excluding hydrogens is 472 g/mol. The summed E-state index contributed by atoms with van der Waals surface area (Å²) in [5, 5.41) is 6.36. The first-order valence-electron chi connectivity index (χ1n) is 12.4. The van der Waals surface area contributed by atoms with Crippen LogP contribution in [0.2, 0.25) is 0 Å². The highest BCUT2D eigenvalue weighted by Crippen LogP contribution is 2.48. The summed E-state index contributed by atoms with van der Waals surface area (Å²) in [6.45, 7) is 4.26. The highest BCUT2D eigenvalue weighted by atomic mass is 19.1. The number of carbonyl (C=O) groups is 2. The van der Waals surface area contributed by atoms with Crippen molar-refractivity contribution in [2.75, 3.05) is 16.8 Å². The van der Waals surface area contributed by atoms with Gasteiger partial charge < -0.3 is 15.5 Å². The number of para-hydroxylation sites is 2. The molecule has 1 unspecified atom stereocenters. The van der Waals surface area contributed by atoms with E-state index in [1.807, 2.05) is 68.4 Å². The molecule has 0 aromatic heterocycles. The van der Waals surface area contributed by atoms with Gasteiger partial charge in [-0.15, -0.1) is 0 Å². The summed E-state index contributed by atoms with van der Waals surface area (Å²) < 4.78 is 29.2. The highest BCUT2D eigenvalue weighted by Gasteiger charge is 2.42. The number of halogens is 2. The van der Waals surface area contributed by atoms with E-state index in [1.54, 1.807) is 4.90 Å². The van der Waals surface area contributed by atoms with Gasteiger partial charge in [-0.25, -0.2) is 8.78 Å². The topological polar surface area (TPSA) is 61.4 Å². The zero-order valence-electron chi connectivity index (χ0n) is 20.9. The van der Waals surface area contributed by atoms with Gasteiger partial charge in [0, 0.05) is 35.9 Å². The molecule has 3 aromatic carbocycles. The Hall–Kier alpha value is -4.00.